The molecule has 0 atom stereocenters. The monoisotopic (exact) mass is 618 g/mol. The van der Waals surface area contributed by atoms with Gasteiger partial charge in [0.15, 0.2) is 0 Å². The van der Waals surface area contributed by atoms with Gasteiger partial charge in [-0.3, -0.25) is 19.2 Å². The molecule has 4 N–H and O–H groups in total. The molecule has 0 radical (unpaired) electrons. The Morgan fingerprint density at radius 2 is 0.717 bits per heavy atom. The van der Waals surface area contributed by atoms with E-state index >= 15 is 0 Å². The molecule has 4 amide bonds. The van der Waals surface area contributed by atoms with Crippen molar-refractivity contribution in [2.75, 3.05) is 21.3 Å². The van der Waals surface area contributed by atoms with Crippen molar-refractivity contribution in [1.82, 2.24) is 0 Å². The predicted octanol–water partition coefficient (Wildman–Crippen LogP) is 8.51. The summed E-state index contributed by atoms with van der Waals surface area (Å²) in [6.07, 6.45) is 6.44. The van der Waals surface area contributed by atoms with Crippen molar-refractivity contribution < 1.29 is 19.2 Å². The first kappa shape index (κ1) is 33.6. The Balaban J connectivity index is 1.03. The number of rotatable bonds is 15. The first-order chi connectivity index (χ1) is 22.3. The summed E-state index contributed by atoms with van der Waals surface area (Å²) in [4.78, 5) is 49.7. The first-order valence-corrected chi connectivity index (χ1v) is 15.8. The van der Waals surface area contributed by atoms with Crippen LogP contribution in [0, 0.1) is 13.8 Å². The summed E-state index contributed by atoms with van der Waals surface area (Å²) in [5.74, 6) is -0.393. The third-order valence-electron chi connectivity index (χ3n) is 7.69. The average Bonchev–Trinajstić information content (AvgIpc) is 3.04. The summed E-state index contributed by atoms with van der Waals surface area (Å²) in [6.45, 7) is 3.80. The number of anilines is 4. The molecule has 4 rings (SSSR count). The van der Waals surface area contributed by atoms with Crippen LogP contribution in [0.15, 0.2) is 97.1 Å². The van der Waals surface area contributed by atoms with Crippen molar-refractivity contribution in [1.29, 1.82) is 0 Å². The van der Waals surface area contributed by atoms with Crippen LogP contribution in [0.4, 0.5) is 22.7 Å². The topological polar surface area (TPSA) is 116 Å². The Kier molecular flexibility index (Phi) is 12.7. The van der Waals surface area contributed by atoms with Gasteiger partial charge >= 0.3 is 0 Å². The van der Waals surface area contributed by atoms with E-state index in [1.165, 1.54) is 0 Å². The molecular formula is C38H42N4O4. The molecular weight excluding hydrogens is 576 g/mol. The normalized spacial score (nSPS) is 10.6. The number of unbranched alkanes of at least 4 members (excludes halogenated alkanes) is 5. The Bertz CT molecular complexity index is 1510. The van der Waals surface area contributed by atoms with Gasteiger partial charge in [0.25, 0.3) is 11.8 Å². The second-order valence-electron chi connectivity index (χ2n) is 11.4. The molecule has 0 aromatic heterocycles. The third kappa shape index (κ3) is 10.7. The van der Waals surface area contributed by atoms with Crippen LogP contribution in [0.25, 0.3) is 0 Å². The van der Waals surface area contributed by atoms with Crippen molar-refractivity contribution in [2.45, 2.75) is 65.2 Å². The second kappa shape index (κ2) is 17.3. The smallest absolute Gasteiger partial charge is 0.255 e. The fraction of sp³-hybridized carbons (Fsp3) is 0.263. The molecule has 4 aromatic rings. The lowest BCUT2D eigenvalue weighted by molar-refractivity contribution is -0.117. The molecule has 46 heavy (non-hydrogen) atoms. The molecule has 0 saturated carbocycles. The molecule has 0 bridgehead atoms. The average molecular weight is 619 g/mol. The van der Waals surface area contributed by atoms with E-state index in [9.17, 15) is 19.2 Å². The Labute approximate surface area is 271 Å². The molecule has 0 aliphatic heterocycles. The maximum Gasteiger partial charge on any atom is 0.255 e. The standard InChI is InChI=1S/C38H42N4O4/c1-27-13-9-11-15-33(27)37(45)41-31-23-19-29(20-24-31)39-35(43)17-7-5-3-4-6-8-18-36(44)40-30-21-25-32(26-22-30)42-38(46)34-16-12-10-14-28(34)2/h9-16,19-26H,3-8,17-18H2,1-2H3,(H,39,43)(H,40,44)(H,41,45)(H,42,46). The Hall–Kier alpha value is -5.24. The van der Waals surface area contributed by atoms with Gasteiger partial charge in [0.2, 0.25) is 11.8 Å². The molecule has 0 fully saturated rings. The lowest BCUT2D eigenvalue weighted by Crippen LogP contribution is -2.14. The van der Waals surface area contributed by atoms with Crippen molar-refractivity contribution in [3.8, 4) is 0 Å². The highest BCUT2D eigenvalue weighted by Crippen LogP contribution is 2.18. The van der Waals surface area contributed by atoms with Crippen molar-refractivity contribution in [3.63, 3.8) is 0 Å². The molecule has 8 nitrogen and oxygen atoms in total. The molecule has 238 valence electrons. The minimum atomic E-state index is -0.164. The van der Waals surface area contributed by atoms with Crippen LogP contribution >= 0.6 is 0 Å². The highest BCUT2D eigenvalue weighted by atomic mass is 16.2. The largest absolute Gasteiger partial charge is 0.326 e. The summed E-state index contributed by atoms with van der Waals surface area (Å²) in [7, 11) is 0. The minimum absolute atomic E-state index is 0.0323. The fourth-order valence-corrected chi connectivity index (χ4v) is 5.05. The van der Waals surface area contributed by atoms with Crippen LogP contribution in [0.1, 0.15) is 83.2 Å². The third-order valence-corrected chi connectivity index (χ3v) is 7.69. The van der Waals surface area contributed by atoms with Gasteiger partial charge in [0.1, 0.15) is 0 Å². The summed E-state index contributed by atoms with van der Waals surface area (Å²) in [5, 5.41) is 11.6. The lowest BCUT2D eigenvalue weighted by Gasteiger charge is -2.09. The van der Waals surface area contributed by atoms with Crippen LogP contribution in [0.2, 0.25) is 0 Å². The number of benzene rings is 4. The second-order valence-corrected chi connectivity index (χ2v) is 11.4. The predicted molar refractivity (Wildman–Crippen MR) is 185 cm³/mol. The summed E-state index contributed by atoms with van der Waals surface area (Å²) in [5.41, 5.74) is 5.80. The van der Waals surface area contributed by atoms with E-state index in [1.54, 1.807) is 60.7 Å². The minimum Gasteiger partial charge on any atom is -0.326 e. The van der Waals surface area contributed by atoms with Gasteiger partial charge in [0.05, 0.1) is 0 Å². The van der Waals surface area contributed by atoms with Crippen molar-refractivity contribution in [2.24, 2.45) is 0 Å². The molecule has 0 aliphatic carbocycles. The van der Waals surface area contributed by atoms with E-state index in [4.69, 9.17) is 0 Å². The van der Waals surface area contributed by atoms with Crippen LogP contribution in [0.3, 0.4) is 0 Å². The van der Waals surface area contributed by atoms with E-state index in [0.717, 1.165) is 49.7 Å². The quantitative estimate of drug-likeness (QED) is 0.1000. The molecule has 0 saturated heterocycles. The van der Waals surface area contributed by atoms with E-state index in [-0.39, 0.29) is 23.6 Å². The van der Waals surface area contributed by atoms with Crippen LogP contribution in [-0.4, -0.2) is 23.6 Å². The van der Waals surface area contributed by atoms with Crippen molar-refractivity contribution >= 4 is 46.4 Å². The molecule has 0 unspecified atom stereocenters. The number of nitrogens with one attached hydrogen (secondary N) is 4. The Morgan fingerprint density at radius 1 is 0.413 bits per heavy atom. The van der Waals surface area contributed by atoms with Gasteiger partial charge in [0, 0.05) is 46.7 Å². The molecule has 0 heterocycles. The summed E-state index contributed by atoms with van der Waals surface area (Å²) in [6, 6.07) is 29.1. The van der Waals surface area contributed by atoms with Gasteiger partial charge < -0.3 is 21.3 Å². The van der Waals surface area contributed by atoms with Gasteiger partial charge in [-0.1, -0.05) is 62.1 Å². The Morgan fingerprint density at radius 3 is 1.07 bits per heavy atom. The maximum atomic E-state index is 12.5. The van der Waals surface area contributed by atoms with E-state index < -0.39 is 0 Å². The van der Waals surface area contributed by atoms with Crippen LogP contribution in [-0.2, 0) is 9.59 Å². The van der Waals surface area contributed by atoms with E-state index in [2.05, 4.69) is 21.3 Å². The summed E-state index contributed by atoms with van der Waals surface area (Å²) < 4.78 is 0. The fourth-order valence-electron chi connectivity index (χ4n) is 5.05. The van der Waals surface area contributed by atoms with Gasteiger partial charge in [-0.25, -0.2) is 0 Å². The van der Waals surface area contributed by atoms with Gasteiger partial charge in [-0.15, -0.1) is 0 Å². The summed E-state index contributed by atoms with van der Waals surface area (Å²) >= 11 is 0. The number of carbonyl (C=O) groups excluding carboxylic acids is 4. The number of carbonyl (C=O) groups is 4. The highest BCUT2D eigenvalue weighted by molar-refractivity contribution is 6.06. The zero-order chi connectivity index (χ0) is 32.7. The molecule has 0 aliphatic rings. The number of aryl methyl sites for hydroxylation is 2. The molecule has 0 spiro atoms. The van der Waals surface area contributed by atoms with Crippen molar-refractivity contribution in [3.05, 3.63) is 119 Å². The highest BCUT2D eigenvalue weighted by Gasteiger charge is 2.10. The van der Waals surface area contributed by atoms with Gasteiger partial charge in [-0.05, 0) is 98.5 Å². The van der Waals surface area contributed by atoms with Crippen LogP contribution < -0.4 is 21.3 Å². The first-order valence-electron chi connectivity index (χ1n) is 15.8. The van der Waals surface area contributed by atoms with E-state index in [1.807, 2.05) is 50.2 Å². The zero-order valence-corrected chi connectivity index (χ0v) is 26.5. The molecule has 8 heteroatoms. The lowest BCUT2D eigenvalue weighted by atomic mass is 10.1. The van der Waals surface area contributed by atoms with E-state index in [0.29, 0.717) is 46.7 Å². The number of hydrogen-bond donors (Lipinski definition) is 4. The number of hydrogen-bond acceptors (Lipinski definition) is 4. The SMILES string of the molecule is Cc1ccccc1C(=O)Nc1ccc(NC(=O)CCCCCCCCC(=O)Nc2ccc(NC(=O)c3ccccc3C)cc2)cc1. The maximum absolute atomic E-state index is 12.5. The molecule has 4 aromatic carbocycles. The number of amides is 4. The van der Waals surface area contributed by atoms with Crippen LogP contribution in [0.5, 0.6) is 0 Å². The van der Waals surface area contributed by atoms with Gasteiger partial charge in [-0.2, -0.15) is 0 Å². The zero-order valence-electron chi connectivity index (χ0n) is 26.5.